The fourth-order valence-corrected chi connectivity index (χ4v) is 4.28. The van der Waals surface area contributed by atoms with Crippen molar-refractivity contribution in [1.82, 2.24) is 15.1 Å². The van der Waals surface area contributed by atoms with Crippen LogP contribution in [0.15, 0.2) is 29.3 Å². The van der Waals surface area contributed by atoms with E-state index in [0.29, 0.717) is 0 Å². The SMILES string of the molecule is CCNC(=NCc1ccc(CN2CCCCC2)cc1)N(C)CCC1CCOCC1. The molecule has 0 atom stereocenters. The molecule has 2 aliphatic heterocycles. The van der Waals surface area contributed by atoms with Crippen molar-refractivity contribution in [3.8, 4) is 0 Å². The van der Waals surface area contributed by atoms with Crippen LogP contribution in [0, 0.1) is 5.92 Å². The summed E-state index contributed by atoms with van der Waals surface area (Å²) in [5, 5.41) is 3.45. The van der Waals surface area contributed by atoms with Crippen molar-refractivity contribution in [2.24, 2.45) is 10.9 Å². The highest BCUT2D eigenvalue weighted by atomic mass is 16.5. The second-order valence-electron chi connectivity index (χ2n) is 8.59. The minimum Gasteiger partial charge on any atom is -0.381 e. The number of benzene rings is 1. The number of nitrogens with zero attached hydrogens (tertiary/aromatic N) is 3. The average molecular weight is 401 g/mol. The molecule has 0 aliphatic carbocycles. The maximum atomic E-state index is 5.48. The molecule has 3 rings (SSSR count). The van der Waals surface area contributed by atoms with Gasteiger partial charge in [0.05, 0.1) is 6.54 Å². The van der Waals surface area contributed by atoms with Crippen LogP contribution in [-0.4, -0.2) is 62.2 Å². The monoisotopic (exact) mass is 400 g/mol. The maximum Gasteiger partial charge on any atom is 0.193 e. The summed E-state index contributed by atoms with van der Waals surface area (Å²) in [6.07, 6.45) is 7.71. The summed E-state index contributed by atoms with van der Waals surface area (Å²) >= 11 is 0. The molecule has 0 saturated carbocycles. The Bertz CT molecular complexity index is 604. The van der Waals surface area contributed by atoms with Crippen LogP contribution < -0.4 is 5.32 Å². The van der Waals surface area contributed by atoms with Crippen LogP contribution in [0.25, 0.3) is 0 Å². The number of aliphatic imine (C=N–C) groups is 1. The fraction of sp³-hybridized carbons (Fsp3) is 0.708. The highest BCUT2D eigenvalue weighted by molar-refractivity contribution is 5.79. The Hall–Kier alpha value is -1.59. The number of nitrogens with one attached hydrogen (secondary N) is 1. The zero-order valence-corrected chi connectivity index (χ0v) is 18.5. The van der Waals surface area contributed by atoms with Crippen molar-refractivity contribution in [3.63, 3.8) is 0 Å². The van der Waals surface area contributed by atoms with Gasteiger partial charge in [0.1, 0.15) is 0 Å². The number of guanidine groups is 1. The quantitative estimate of drug-likeness (QED) is 0.531. The molecule has 2 aliphatic rings. The first kappa shape index (κ1) is 22.1. The van der Waals surface area contributed by atoms with Crippen molar-refractivity contribution < 1.29 is 4.74 Å². The van der Waals surface area contributed by atoms with Gasteiger partial charge in [-0.25, -0.2) is 4.99 Å². The summed E-state index contributed by atoms with van der Waals surface area (Å²) in [4.78, 5) is 9.75. The highest BCUT2D eigenvalue weighted by Crippen LogP contribution is 2.18. The van der Waals surface area contributed by atoms with Crippen molar-refractivity contribution >= 4 is 5.96 Å². The molecule has 2 fully saturated rings. The van der Waals surface area contributed by atoms with Crippen LogP contribution >= 0.6 is 0 Å². The van der Waals surface area contributed by atoms with E-state index in [4.69, 9.17) is 9.73 Å². The van der Waals surface area contributed by atoms with E-state index < -0.39 is 0 Å². The van der Waals surface area contributed by atoms with Crippen LogP contribution in [0.1, 0.15) is 56.6 Å². The Morgan fingerprint density at radius 3 is 2.48 bits per heavy atom. The topological polar surface area (TPSA) is 40.1 Å². The van der Waals surface area contributed by atoms with Crippen LogP contribution in [0.5, 0.6) is 0 Å². The Kier molecular flexibility index (Phi) is 9.29. The van der Waals surface area contributed by atoms with Crippen LogP contribution in [-0.2, 0) is 17.8 Å². The van der Waals surface area contributed by atoms with Gasteiger partial charge in [-0.05, 0) is 69.2 Å². The summed E-state index contributed by atoms with van der Waals surface area (Å²) < 4.78 is 5.48. The van der Waals surface area contributed by atoms with E-state index in [1.807, 2.05) is 0 Å². The molecule has 2 heterocycles. The maximum absolute atomic E-state index is 5.48. The van der Waals surface area contributed by atoms with E-state index in [1.54, 1.807) is 0 Å². The van der Waals surface area contributed by atoms with E-state index in [-0.39, 0.29) is 0 Å². The molecule has 162 valence electrons. The Morgan fingerprint density at radius 2 is 1.79 bits per heavy atom. The second-order valence-corrected chi connectivity index (χ2v) is 8.59. The lowest BCUT2D eigenvalue weighted by Gasteiger charge is -2.27. The molecule has 1 aromatic carbocycles. The molecular weight excluding hydrogens is 360 g/mol. The van der Waals surface area contributed by atoms with Gasteiger partial charge < -0.3 is 15.0 Å². The van der Waals surface area contributed by atoms with Gasteiger partial charge in [0.15, 0.2) is 5.96 Å². The fourth-order valence-electron chi connectivity index (χ4n) is 4.28. The van der Waals surface area contributed by atoms with Crippen molar-refractivity contribution in [3.05, 3.63) is 35.4 Å². The number of piperidine rings is 1. The summed E-state index contributed by atoms with van der Waals surface area (Å²) in [6.45, 7) is 10.2. The smallest absolute Gasteiger partial charge is 0.193 e. The molecule has 2 saturated heterocycles. The number of hydrogen-bond acceptors (Lipinski definition) is 3. The largest absolute Gasteiger partial charge is 0.381 e. The molecule has 1 N–H and O–H groups in total. The standard InChI is InChI=1S/C24H40N4O/c1-3-25-24(27(2)16-11-21-12-17-29-18-13-21)26-19-22-7-9-23(10-8-22)20-28-14-5-4-6-15-28/h7-10,21H,3-6,11-20H2,1-2H3,(H,25,26). The molecule has 0 radical (unpaired) electrons. The predicted molar refractivity (Wildman–Crippen MR) is 121 cm³/mol. The first-order valence-electron chi connectivity index (χ1n) is 11.6. The minimum atomic E-state index is 0.730. The third-order valence-electron chi connectivity index (χ3n) is 6.20. The van der Waals surface area contributed by atoms with E-state index in [9.17, 15) is 0 Å². The molecule has 29 heavy (non-hydrogen) atoms. The van der Waals surface area contributed by atoms with E-state index >= 15 is 0 Å². The van der Waals surface area contributed by atoms with Crippen LogP contribution in [0.4, 0.5) is 0 Å². The zero-order chi connectivity index (χ0) is 20.3. The molecule has 0 aromatic heterocycles. The molecule has 5 heteroatoms. The van der Waals surface area contributed by atoms with E-state index in [1.165, 1.54) is 62.7 Å². The summed E-state index contributed by atoms with van der Waals surface area (Å²) in [7, 11) is 2.16. The summed E-state index contributed by atoms with van der Waals surface area (Å²) in [5.41, 5.74) is 2.70. The molecule has 0 unspecified atom stereocenters. The Labute approximate surface area is 177 Å². The Morgan fingerprint density at radius 1 is 1.10 bits per heavy atom. The number of hydrogen-bond donors (Lipinski definition) is 1. The number of rotatable bonds is 8. The number of likely N-dealkylation sites (tertiary alicyclic amines) is 1. The molecule has 5 nitrogen and oxygen atoms in total. The lowest BCUT2D eigenvalue weighted by Crippen LogP contribution is -2.40. The van der Waals surface area contributed by atoms with Crippen molar-refractivity contribution in [1.29, 1.82) is 0 Å². The molecule has 0 amide bonds. The number of ether oxygens (including phenoxy) is 1. The van der Waals surface area contributed by atoms with E-state index in [0.717, 1.165) is 51.3 Å². The van der Waals surface area contributed by atoms with Crippen molar-refractivity contribution in [2.75, 3.05) is 46.4 Å². The van der Waals surface area contributed by atoms with Gasteiger partial charge in [-0.2, -0.15) is 0 Å². The van der Waals surface area contributed by atoms with E-state index in [2.05, 4.69) is 53.4 Å². The normalized spacial score (nSPS) is 19.3. The Balaban J connectivity index is 1.48. The average Bonchev–Trinajstić information content (AvgIpc) is 2.77. The molecule has 0 bridgehead atoms. The molecule has 0 spiro atoms. The zero-order valence-electron chi connectivity index (χ0n) is 18.5. The third kappa shape index (κ3) is 7.63. The highest BCUT2D eigenvalue weighted by Gasteiger charge is 2.15. The lowest BCUT2D eigenvalue weighted by molar-refractivity contribution is 0.0625. The first-order chi connectivity index (χ1) is 14.2. The van der Waals surface area contributed by atoms with Gasteiger partial charge in [-0.15, -0.1) is 0 Å². The lowest BCUT2D eigenvalue weighted by atomic mass is 9.96. The first-order valence-corrected chi connectivity index (χ1v) is 11.6. The van der Waals surface area contributed by atoms with Crippen molar-refractivity contribution in [2.45, 2.75) is 58.5 Å². The second kappa shape index (κ2) is 12.2. The van der Waals surface area contributed by atoms with Gasteiger partial charge in [0.2, 0.25) is 0 Å². The minimum absolute atomic E-state index is 0.730. The molecular formula is C24H40N4O. The summed E-state index contributed by atoms with van der Waals surface area (Å²) in [5.74, 6) is 1.80. The van der Waals surface area contributed by atoms with Gasteiger partial charge in [-0.1, -0.05) is 30.7 Å². The van der Waals surface area contributed by atoms with Gasteiger partial charge in [0, 0.05) is 39.9 Å². The summed E-state index contributed by atoms with van der Waals surface area (Å²) in [6, 6.07) is 9.05. The molecule has 1 aromatic rings. The predicted octanol–water partition coefficient (Wildman–Crippen LogP) is 3.89. The van der Waals surface area contributed by atoms with Gasteiger partial charge in [0.25, 0.3) is 0 Å². The van der Waals surface area contributed by atoms with Crippen LogP contribution in [0.2, 0.25) is 0 Å². The third-order valence-corrected chi connectivity index (χ3v) is 6.20. The van der Waals surface area contributed by atoms with Gasteiger partial charge in [-0.3, -0.25) is 4.90 Å². The van der Waals surface area contributed by atoms with Gasteiger partial charge >= 0.3 is 0 Å². The van der Waals surface area contributed by atoms with Crippen LogP contribution in [0.3, 0.4) is 0 Å².